The van der Waals surface area contributed by atoms with Gasteiger partial charge in [-0.25, -0.2) is 4.98 Å². The fourth-order valence-electron chi connectivity index (χ4n) is 2.27. The van der Waals surface area contributed by atoms with E-state index in [1.807, 2.05) is 66.5 Å². The van der Waals surface area contributed by atoms with Gasteiger partial charge in [0.25, 0.3) is 0 Å². The highest BCUT2D eigenvalue weighted by molar-refractivity contribution is 5.94. The van der Waals surface area contributed by atoms with Crippen molar-refractivity contribution in [2.45, 2.75) is 0 Å². The Labute approximate surface area is 134 Å². The zero-order chi connectivity index (χ0) is 16.1. The van der Waals surface area contributed by atoms with Crippen LogP contribution < -0.4 is 10.2 Å². The lowest BCUT2D eigenvalue weighted by Gasteiger charge is -2.18. The van der Waals surface area contributed by atoms with Crippen molar-refractivity contribution in [3.8, 4) is 11.3 Å². The number of hydrogen-bond donors (Lipinski definition) is 1. The molecule has 1 heterocycles. The number of benzene rings is 2. The molecule has 0 bridgehead atoms. The second-order valence-corrected chi connectivity index (χ2v) is 5.18. The summed E-state index contributed by atoms with van der Waals surface area (Å²) in [5.41, 5.74) is 2.67. The summed E-state index contributed by atoms with van der Waals surface area (Å²) in [6.45, 7) is 0.286. The number of para-hydroxylation sites is 1. The fraction of sp³-hybridized carbons (Fsp3) is 0.111. The number of amides is 1. The average Bonchev–Trinajstić information content (AvgIpc) is 3.11. The molecule has 1 amide bonds. The van der Waals surface area contributed by atoms with Gasteiger partial charge in [0, 0.05) is 24.0 Å². The molecule has 3 aromatic rings. The highest BCUT2D eigenvalue weighted by Gasteiger charge is 2.08. The van der Waals surface area contributed by atoms with Crippen molar-refractivity contribution in [3.63, 3.8) is 0 Å². The topological polar surface area (TPSA) is 58.4 Å². The van der Waals surface area contributed by atoms with E-state index in [0.29, 0.717) is 5.76 Å². The Bertz CT molecular complexity index is 753. The summed E-state index contributed by atoms with van der Waals surface area (Å²) in [5, 5.41) is 2.89. The lowest BCUT2D eigenvalue weighted by Crippen LogP contribution is -2.29. The van der Waals surface area contributed by atoms with E-state index in [2.05, 4.69) is 10.3 Å². The molecular weight excluding hydrogens is 290 g/mol. The van der Waals surface area contributed by atoms with Gasteiger partial charge in [-0.1, -0.05) is 18.2 Å². The van der Waals surface area contributed by atoms with Crippen LogP contribution in [0.2, 0.25) is 0 Å². The molecule has 1 aromatic heterocycles. The van der Waals surface area contributed by atoms with Crippen LogP contribution in [0.3, 0.4) is 0 Å². The highest BCUT2D eigenvalue weighted by Crippen LogP contribution is 2.20. The SMILES string of the molecule is CN(CC(=O)Nc1ccc(-c2cnco2)cc1)c1ccccc1. The van der Waals surface area contributed by atoms with Crippen LogP contribution in [-0.4, -0.2) is 24.5 Å². The maximum atomic E-state index is 12.1. The van der Waals surface area contributed by atoms with Gasteiger partial charge in [0.05, 0.1) is 12.7 Å². The zero-order valence-corrected chi connectivity index (χ0v) is 12.8. The Morgan fingerprint density at radius 2 is 1.87 bits per heavy atom. The van der Waals surface area contributed by atoms with Gasteiger partial charge < -0.3 is 14.6 Å². The van der Waals surface area contributed by atoms with Crippen molar-refractivity contribution in [2.24, 2.45) is 0 Å². The van der Waals surface area contributed by atoms with E-state index in [4.69, 9.17) is 4.42 Å². The summed E-state index contributed by atoms with van der Waals surface area (Å²) in [5.74, 6) is 0.635. The molecule has 5 nitrogen and oxygen atoms in total. The molecule has 5 heteroatoms. The minimum atomic E-state index is -0.0660. The van der Waals surface area contributed by atoms with Crippen LogP contribution in [0.1, 0.15) is 0 Å². The first-order valence-electron chi connectivity index (χ1n) is 7.27. The first kappa shape index (κ1) is 14.8. The average molecular weight is 307 g/mol. The number of anilines is 2. The Balaban J connectivity index is 1.60. The van der Waals surface area contributed by atoms with Crippen LogP contribution in [0, 0.1) is 0 Å². The third kappa shape index (κ3) is 3.77. The van der Waals surface area contributed by atoms with E-state index in [-0.39, 0.29) is 12.5 Å². The summed E-state index contributed by atoms with van der Waals surface area (Å²) >= 11 is 0. The molecule has 0 aliphatic rings. The number of likely N-dealkylation sites (N-methyl/N-ethyl adjacent to an activating group) is 1. The van der Waals surface area contributed by atoms with E-state index in [1.54, 1.807) is 6.20 Å². The Kier molecular flexibility index (Phi) is 4.38. The molecule has 0 aliphatic heterocycles. The number of carbonyl (C=O) groups is 1. The summed E-state index contributed by atoms with van der Waals surface area (Å²) in [4.78, 5) is 17.9. The van der Waals surface area contributed by atoms with Gasteiger partial charge in [-0.3, -0.25) is 4.79 Å². The van der Waals surface area contributed by atoms with Gasteiger partial charge in [-0.15, -0.1) is 0 Å². The second-order valence-electron chi connectivity index (χ2n) is 5.18. The molecule has 0 saturated carbocycles. The lowest BCUT2D eigenvalue weighted by molar-refractivity contribution is -0.114. The molecule has 0 radical (unpaired) electrons. The number of aromatic nitrogens is 1. The molecule has 116 valence electrons. The second kappa shape index (κ2) is 6.79. The standard InChI is InChI=1S/C18H17N3O2/c1-21(16-5-3-2-4-6-16)12-18(22)20-15-9-7-14(8-10-15)17-11-19-13-23-17/h2-11,13H,12H2,1H3,(H,20,22). The number of rotatable bonds is 5. The Hall–Kier alpha value is -3.08. The number of hydrogen-bond acceptors (Lipinski definition) is 4. The van der Waals surface area contributed by atoms with Crippen molar-refractivity contribution in [1.82, 2.24) is 4.98 Å². The minimum Gasteiger partial charge on any atom is -0.444 e. The molecule has 0 atom stereocenters. The molecule has 3 rings (SSSR count). The molecule has 23 heavy (non-hydrogen) atoms. The summed E-state index contributed by atoms with van der Waals surface area (Å²) in [7, 11) is 1.89. The number of carbonyl (C=O) groups excluding carboxylic acids is 1. The maximum absolute atomic E-state index is 12.1. The van der Waals surface area contributed by atoms with Crippen LogP contribution >= 0.6 is 0 Å². The number of nitrogens with zero attached hydrogens (tertiary/aromatic N) is 2. The minimum absolute atomic E-state index is 0.0660. The largest absolute Gasteiger partial charge is 0.444 e. The predicted molar refractivity (Wildman–Crippen MR) is 90.3 cm³/mol. The van der Waals surface area contributed by atoms with Gasteiger partial charge in [0.15, 0.2) is 12.2 Å². The third-order valence-corrected chi connectivity index (χ3v) is 3.46. The number of nitrogens with one attached hydrogen (secondary N) is 1. The van der Waals surface area contributed by atoms with Crippen LogP contribution in [0.5, 0.6) is 0 Å². The lowest BCUT2D eigenvalue weighted by atomic mass is 10.1. The smallest absolute Gasteiger partial charge is 0.243 e. The van der Waals surface area contributed by atoms with Crippen molar-refractivity contribution < 1.29 is 9.21 Å². The molecule has 0 fully saturated rings. The summed E-state index contributed by atoms with van der Waals surface area (Å²) in [6.07, 6.45) is 3.05. The quantitative estimate of drug-likeness (QED) is 0.784. The van der Waals surface area contributed by atoms with E-state index in [9.17, 15) is 4.79 Å². The van der Waals surface area contributed by atoms with E-state index in [0.717, 1.165) is 16.9 Å². The zero-order valence-electron chi connectivity index (χ0n) is 12.8. The normalized spacial score (nSPS) is 10.3. The van der Waals surface area contributed by atoms with Crippen molar-refractivity contribution in [3.05, 3.63) is 67.2 Å². The van der Waals surface area contributed by atoms with Gasteiger partial charge in [-0.2, -0.15) is 0 Å². The van der Waals surface area contributed by atoms with E-state index >= 15 is 0 Å². The first-order chi connectivity index (χ1) is 11.2. The fourth-order valence-corrected chi connectivity index (χ4v) is 2.27. The van der Waals surface area contributed by atoms with Crippen LogP contribution in [0.25, 0.3) is 11.3 Å². The highest BCUT2D eigenvalue weighted by atomic mass is 16.3. The molecule has 0 saturated heterocycles. The maximum Gasteiger partial charge on any atom is 0.243 e. The van der Waals surface area contributed by atoms with Gasteiger partial charge in [-0.05, 0) is 36.4 Å². The van der Waals surface area contributed by atoms with Gasteiger partial charge >= 0.3 is 0 Å². The summed E-state index contributed by atoms with van der Waals surface area (Å²) < 4.78 is 5.24. The first-order valence-corrected chi connectivity index (χ1v) is 7.27. The van der Waals surface area contributed by atoms with Crippen LogP contribution in [0.4, 0.5) is 11.4 Å². The van der Waals surface area contributed by atoms with Crippen molar-refractivity contribution in [2.75, 3.05) is 23.8 Å². The third-order valence-electron chi connectivity index (χ3n) is 3.46. The molecule has 0 aliphatic carbocycles. The van der Waals surface area contributed by atoms with Gasteiger partial charge in [0.2, 0.25) is 5.91 Å². The molecule has 1 N–H and O–H groups in total. The molecular formula is C18H17N3O2. The van der Waals surface area contributed by atoms with Crippen molar-refractivity contribution >= 4 is 17.3 Å². The Morgan fingerprint density at radius 1 is 1.13 bits per heavy atom. The monoisotopic (exact) mass is 307 g/mol. The van der Waals surface area contributed by atoms with Crippen LogP contribution in [-0.2, 0) is 4.79 Å². The Morgan fingerprint density at radius 3 is 2.52 bits per heavy atom. The van der Waals surface area contributed by atoms with Crippen LogP contribution in [0.15, 0.2) is 71.6 Å². The van der Waals surface area contributed by atoms with Gasteiger partial charge in [0.1, 0.15) is 0 Å². The molecule has 0 spiro atoms. The summed E-state index contributed by atoms with van der Waals surface area (Å²) in [6, 6.07) is 17.3. The predicted octanol–water partition coefficient (Wildman–Crippen LogP) is 3.42. The van der Waals surface area contributed by atoms with Crippen molar-refractivity contribution in [1.29, 1.82) is 0 Å². The van der Waals surface area contributed by atoms with E-state index < -0.39 is 0 Å². The van der Waals surface area contributed by atoms with E-state index in [1.165, 1.54) is 6.39 Å². The number of oxazole rings is 1. The molecule has 0 unspecified atom stereocenters. The molecule has 2 aromatic carbocycles.